The summed E-state index contributed by atoms with van der Waals surface area (Å²) < 4.78 is 38.8. The van der Waals surface area contributed by atoms with Crippen molar-refractivity contribution in [3.05, 3.63) is 42.0 Å². The molecule has 4 nitrogen and oxygen atoms in total. The van der Waals surface area contributed by atoms with E-state index in [1.165, 1.54) is 23.0 Å². The summed E-state index contributed by atoms with van der Waals surface area (Å²) in [6.07, 6.45) is -3.15. The predicted octanol–water partition coefficient (Wildman–Crippen LogP) is 1.78. The molecule has 0 aliphatic carbocycles. The summed E-state index contributed by atoms with van der Waals surface area (Å²) in [5, 5.41) is 16.1. The molecule has 0 saturated carbocycles. The van der Waals surface area contributed by atoms with Crippen molar-refractivity contribution in [2.24, 2.45) is 0 Å². The number of aromatic nitrogens is 3. The summed E-state index contributed by atoms with van der Waals surface area (Å²) in [6.45, 7) is -0.393. The minimum Gasteiger partial charge on any atom is -0.388 e. The lowest BCUT2D eigenvalue weighted by molar-refractivity contribution is -0.137. The molecule has 0 bridgehead atoms. The van der Waals surface area contributed by atoms with Gasteiger partial charge in [-0.15, -0.1) is 10.2 Å². The van der Waals surface area contributed by atoms with Gasteiger partial charge in [-0.1, -0.05) is 6.07 Å². The molecule has 7 heteroatoms. The first-order valence-electron chi connectivity index (χ1n) is 4.70. The zero-order valence-corrected chi connectivity index (χ0v) is 8.52. The molecule has 0 atom stereocenters. The van der Waals surface area contributed by atoms with E-state index in [1.807, 2.05) is 0 Å². The number of hydrogen-bond donors (Lipinski definition) is 1. The lowest BCUT2D eigenvalue weighted by Gasteiger charge is -2.09. The van der Waals surface area contributed by atoms with Crippen LogP contribution in [0.15, 0.2) is 30.6 Å². The van der Waals surface area contributed by atoms with E-state index >= 15 is 0 Å². The smallest absolute Gasteiger partial charge is 0.388 e. The summed E-state index contributed by atoms with van der Waals surface area (Å²) in [4.78, 5) is 0. The van der Waals surface area contributed by atoms with E-state index in [-0.39, 0.29) is 11.5 Å². The van der Waals surface area contributed by atoms with Crippen molar-refractivity contribution < 1.29 is 18.3 Å². The number of aliphatic hydroxyl groups is 1. The van der Waals surface area contributed by atoms with Crippen LogP contribution in [0.1, 0.15) is 11.4 Å². The van der Waals surface area contributed by atoms with Crippen molar-refractivity contribution in [2.75, 3.05) is 0 Å². The van der Waals surface area contributed by atoms with Gasteiger partial charge in [0.1, 0.15) is 12.9 Å². The lowest BCUT2D eigenvalue weighted by atomic mass is 10.2. The van der Waals surface area contributed by atoms with Gasteiger partial charge in [0.15, 0.2) is 5.82 Å². The van der Waals surface area contributed by atoms with Gasteiger partial charge in [0.05, 0.1) is 5.56 Å². The second-order valence-corrected chi connectivity index (χ2v) is 3.32. The molecule has 0 aliphatic heterocycles. The molecule has 1 aromatic carbocycles. The highest BCUT2D eigenvalue weighted by Gasteiger charge is 2.30. The van der Waals surface area contributed by atoms with Crippen molar-refractivity contribution >= 4 is 0 Å². The largest absolute Gasteiger partial charge is 0.416 e. The topological polar surface area (TPSA) is 50.9 Å². The van der Waals surface area contributed by atoms with Crippen LogP contribution in [0, 0.1) is 0 Å². The van der Waals surface area contributed by atoms with E-state index in [1.54, 1.807) is 0 Å². The van der Waals surface area contributed by atoms with E-state index in [4.69, 9.17) is 5.11 Å². The highest BCUT2D eigenvalue weighted by atomic mass is 19.4. The summed E-state index contributed by atoms with van der Waals surface area (Å²) in [5.41, 5.74) is -0.499. The summed E-state index contributed by atoms with van der Waals surface area (Å²) in [6, 6.07) is 4.73. The zero-order valence-electron chi connectivity index (χ0n) is 8.52. The summed E-state index contributed by atoms with van der Waals surface area (Å²) in [5.74, 6) is 0.185. The Kier molecular flexibility index (Phi) is 2.84. The van der Waals surface area contributed by atoms with Gasteiger partial charge in [-0.25, -0.2) is 0 Å². The molecular weight excluding hydrogens is 235 g/mol. The number of benzene rings is 1. The molecule has 1 N–H and O–H groups in total. The van der Waals surface area contributed by atoms with Crippen LogP contribution in [-0.2, 0) is 12.8 Å². The molecule has 0 spiro atoms. The molecule has 0 aliphatic rings. The van der Waals surface area contributed by atoms with Crippen molar-refractivity contribution in [2.45, 2.75) is 12.8 Å². The monoisotopic (exact) mass is 243 g/mol. The Morgan fingerprint density at radius 2 is 2.06 bits per heavy atom. The first-order chi connectivity index (χ1) is 8.02. The summed E-state index contributed by atoms with van der Waals surface area (Å²) >= 11 is 0. The van der Waals surface area contributed by atoms with Gasteiger partial charge in [0.25, 0.3) is 0 Å². The van der Waals surface area contributed by atoms with E-state index in [2.05, 4.69) is 10.2 Å². The van der Waals surface area contributed by atoms with Gasteiger partial charge in [0, 0.05) is 5.69 Å². The fourth-order valence-electron chi connectivity index (χ4n) is 1.41. The van der Waals surface area contributed by atoms with Crippen LogP contribution < -0.4 is 0 Å². The molecule has 0 amide bonds. The standard InChI is InChI=1S/C10H8F3N3O/c11-10(12,13)7-2-1-3-8(4-7)16-6-14-15-9(16)5-17/h1-4,6,17H,5H2. The van der Waals surface area contributed by atoms with Gasteiger partial charge in [0.2, 0.25) is 0 Å². The van der Waals surface area contributed by atoms with E-state index in [0.717, 1.165) is 12.1 Å². The maximum atomic E-state index is 12.5. The van der Waals surface area contributed by atoms with Crippen molar-refractivity contribution in [3.8, 4) is 5.69 Å². The Hall–Kier alpha value is -1.89. The van der Waals surface area contributed by atoms with Gasteiger partial charge in [-0.2, -0.15) is 13.2 Å². The number of aliphatic hydroxyl groups excluding tert-OH is 1. The Labute approximate surface area is 94.3 Å². The number of rotatable bonds is 2. The molecule has 0 fully saturated rings. The fourth-order valence-corrected chi connectivity index (χ4v) is 1.41. The highest BCUT2D eigenvalue weighted by molar-refractivity contribution is 5.37. The summed E-state index contributed by atoms with van der Waals surface area (Å²) in [7, 11) is 0. The third kappa shape index (κ3) is 2.28. The van der Waals surface area contributed by atoms with Crippen molar-refractivity contribution in [1.82, 2.24) is 14.8 Å². The number of halogens is 3. The van der Waals surface area contributed by atoms with Crippen LogP contribution in [0.3, 0.4) is 0 Å². The molecule has 0 radical (unpaired) electrons. The molecular formula is C10H8F3N3O. The Morgan fingerprint density at radius 1 is 1.29 bits per heavy atom. The van der Waals surface area contributed by atoms with Crippen LogP contribution in [-0.4, -0.2) is 19.9 Å². The van der Waals surface area contributed by atoms with Gasteiger partial charge < -0.3 is 5.11 Å². The van der Waals surface area contributed by atoms with Gasteiger partial charge in [-0.3, -0.25) is 4.57 Å². The second kappa shape index (κ2) is 4.17. The van der Waals surface area contributed by atoms with E-state index in [0.29, 0.717) is 0 Å². The first kappa shape index (κ1) is 11.6. The molecule has 1 aromatic heterocycles. The highest BCUT2D eigenvalue weighted by Crippen LogP contribution is 2.30. The quantitative estimate of drug-likeness (QED) is 0.874. The SMILES string of the molecule is OCc1nncn1-c1cccc(C(F)(F)F)c1. The normalized spacial score (nSPS) is 11.8. The van der Waals surface area contributed by atoms with Crippen LogP contribution in [0.2, 0.25) is 0 Å². The van der Waals surface area contributed by atoms with Gasteiger partial charge in [-0.05, 0) is 18.2 Å². The molecule has 2 aromatic rings. The first-order valence-corrected chi connectivity index (χ1v) is 4.70. The average molecular weight is 243 g/mol. The van der Waals surface area contributed by atoms with Crippen LogP contribution in [0.4, 0.5) is 13.2 Å². The van der Waals surface area contributed by atoms with Crippen LogP contribution in [0.25, 0.3) is 5.69 Å². The zero-order chi connectivity index (χ0) is 12.5. The fraction of sp³-hybridized carbons (Fsp3) is 0.200. The molecule has 90 valence electrons. The van der Waals surface area contributed by atoms with Crippen LogP contribution in [0.5, 0.6) is 0 Å². The predicted molar refractivity (Wildman–Crippen MR) is 52.3 cm³/mol. The number of hydrogen-bond acceptors (Lipinski definition) is 3. The van der Waals surface area contributed by atoms with Crippen LogP contribution >= 0.6 is 0 Å². The average Bonchev–Trinajstić information content (AvgIpc) is 2.76. The maximum Gasteiger partial charge on any atom is 0.416 e. The third-order valence-corrected chi connectivity index (χ3v) is 2.21. The van der Waals surface area contributed by atoms with E-state index < -0.39 is 18.3 Å². The number of nitrogens with zero attached hydrogens (tertiary/aromatic N) is 3. The van der Waals surface area contributed by atoms with E-state index in [9.17, 15) is 13.2 Å². The molecule has 2 rings (SSSR count). The molecule has 17 heavy (non-hydrogen) atoms. The Morgan fingerprint density at radius 3 is 2.71 bits per heavy atom. The second-order valence-electron chi connectivity index (χ2n) is 3.32. The molecule has 0 unspecified atom stereocenters. The maximum absolute atomic E-state index is 12.5. The minimum absolute atomic E-state index is 0.185. The molecule has 1 heterocycles. The minimum atomic E-state index is -4.40. The third-order valence-electron chi connectivity index (χ3n) is 2.21. The van der Waals surface area contributed by atoms with Crippen molar-refractivity contribution in [3.63, 3.8) is 0 Å². The Balaban J connectivity index is 2.47. The molecule has 0 saturated heterocycles. The lowest BCUT2D eigenvalue weighted by Crippen LogP contribution is -2.07. The Bertz CT molecular complexity index is 522. The van der Waals surface area contributed by atoms with Gasteiger partial charge >= 0.3 is 6.18 Å². The number of alkyl halides is 3. The van der Waals surface area contributed by atoms with Crippen molar-refractivity contribution in [1.29, 1.82) is 0 Å².